The topological polar surface area (TPSA) is 62.4 Å². The van der Waals surface area contributed by atoms with E-state index in [4.69, 9.17) is 10.8 Å². The van der Waals surface area contributed by atoms with E-state index in [9.17, 15) is 0 Å². The number of hydrogen-bond donors (Lipinski definition) is 3. The second-order valence-corrected chi connectivity index (χ2v) is 5.54. The molecule has 0 aromatic carbocycles. The van der Waals surface area contributed by atoms with Crippen molar-refractivity contribution in [3.05, 3.63) is 0 Å². The first kappa shape index (κ1) is 12.7. The van der Waals surface area contributed by atoms with Gasteiger partial charge in [0.1, 0.15) is 0 Å². The van der Waals surface area contributed by atoms with Crippen LogP contribution >= 0.6 is 0 Å². The van der Waals surface area contributed by atoms with Gasteiger partial charge in [0.2, 0.25) is 5.96 Å². The molecule has 0 aromatic heterocycles. The Morgan fingerprint density at radius 1 is 1.12 bits per heavy atom. The van der Waals surface area contributed by atoms with Gasteiger partial charge in [-0.2, -0.15) is 0 Å². The van der Waals surface area contributed by atoms with Gasteiger partial charge in [-0.3, -0.25) is 5.43 Å². The van der Waals surface area contributed by atoms with Crippen LogP contribution in [0.3, 0.4) is 0 Å². The Bertz CT molecular complexity index is 254. The van der Waals surface area contributed by atoms with Gasteiger partial charge in [-0.1, -0.05) is 25.7 Å². The molecule has 0 aromatic rings. The lowest BCUT2D eigenvalue weighted by molar-refractivity contribution is 0.257. The molecule has 1 atom stereocenters. The van der Waals surface area contributed by atoms with Crippen LogP contribution in [0, 0.1) is 5.92 Å². The van der Waals surface area contributed by atoms with Crippen LogP contribution in [0.2, 0.25) is 0 Å². The largest absolute Gasteiger partial charge is 0.353 e. The molecule has 2 rings (SSSR count). The van der Waals surface area contributed by atoms with Crippen molar-refractivity contribution in [2.45, 2.75) is 70.4 Å². The standard InChI is InChI=1S/C13H26N4/c1-10(11-6-5-7-11)15-13(17-14)16-12-8-3-2-4-9-12/h10-12H,2-9,14H2,1H3,(H2,15,16,17). The van der Waals surface area contributed by atoms with Gasteiger partial charge < -0.3 is 5.32 Å². The van der Waals surface area contributed by atoms with Crippen molar-refractivity contribution in [1.29, 1.82) is 0 Å². The Balaban J connectivity index is 1.83. The normalized spacial score (nSPS) is 25.2. The van der Waals surface area contributed by atoms with Gasteiger partial charge >= 0.3 is 0 Å². The molecule has 0 radical (unpaired) electrons. The van der Waals surface area contributed by atoms with Crippen LogP contribution in [-0.4, -0.2) is 18.0 Å². The maximum atomic E-state index is 5.55. The van der Waals surface area contributed by atoms with Crippen LogP contribution in [0.1, 0.15) is 58.3 Å². The third-order valence-electron chi connectivity index (χ3n) is 4.24. The molecule has 0 amide bonds. The van der Waals surface area contributed by atoms with Gasteiger partial charge in [-0.05, 0) is 38.5 Å². The van der Waals surface area contributed by atoms with Crippen molar-refractivity contribution >= 4 is 5.96 Å². The first-order valence-corrected chi connectivity index (χ1v) is 7.10. The summed E-state index contributed by atoms with van der Waals surface area (Å²) in [7, 11) is 0. The maximum absolute atomic E-state index is 5.55. The minimum atomic E-state index is 0.468. The molecular weight excluding hydrogens is 212 g/mol. The van der Waals surface area contributed by atoms with Gasteiger partial charge in [0, 0.05) is 6.04 Å². The molecule has 0 aliphatic heterocycles. The lowest BCUT2D eigenvalue weighted by Gasteiger charge is -2.33. The Hall–Kier alpha value is -0.770. The summed E-state index contributed by atoms with van der Waals surface area (Å²) in [6.07, 6.45) is 10.5. The Morgan fingerprint density at radius 3 is 2.35 bits per heavy atom. The molecule has 4 nitrogen and oxygen atoms in total. The monoisotopic (exact) mass is 238 g/mol. The first-order valence-electron chi connectivity index (χ1n) is 7.10. The highest BCUT2D eigenvalue weighted by Crippen LogP contribution is 2.29. The van der Waals surface area contributed by atoms with Crippen LogP contribution in [0.15, 0.2) is 4.99 Å². The SMILES string of the molecule is CC(NC(=NC1CCCCC1)NN)C1CCC1. The van der Waals surface area contributed by atoms with Crippen molar-refractivity contribution in [2.75, 3.05) is 0 Å². The molecule has 4 heteroatoms. The zero-order chi connectivity index (χ0) is 12.1. The van der Waals surface area contributed by atoms with Gasteiger partial charge in [0.25, 0.3) is 0 Å². The highest BCUT2D eigenvalue weighted by Gasteiger charge is 2.24. The van der Waals surface area contributed by atoms with E-state index in [1.807, 2.05) is 0 Å². The van der Waals surface area contributed by atoms with Gasteiger partial charge in [0.05, 0.1) is 6.04 Å². The van der Waals surface area contributed by atoms with Gasteiger partial charge in [-0.25, -0.2) is 10.8 Å². The second-order valence-electron chi connectivity index (χ2n) is 5.54. The lowest BCUT2D eigenvalue weighted by atomic mass is 9.80. The number of guanidine groups is 1. The lowest BCUT2D eigenvalue weighted by Crippen LogP contribution is -2.49. The molecule has 2 aliphatic rings. The van der Waals surface area contributed by atoms with E-state index in [0.29, 0.717) is 12.1 Å². The summed E-state index contributed by atoms with van der Waals surface area (Å²) in [5.41, 5.74) is 2.72. The van der Waals surface area contributed by atoms with E-state index in [1.54, 1.807) is 0 Å². The van der Waals surface area contributed by atoms with E-state index in [0.717, 1.165) is 11.9 Å². The van der Waals surface area contributed by atoms with Crippen LogP contribution in [0.5, 0.6) is 0 Å². The number of hydrogen-bond acceptors (Lipinski definition) is 2. The van der Waals surface area contributed by atoms with Crippen LogP contribution in [0.4, 0.5) is 0 Å². The molecule has 4 N–H and O–H groups in total. The summed E-state index contributed by atoms with van der Waals surface area (Å²) in [4.78, 5) is 4.70. The van der Waals surface area contributed by atoms with E-state index in [-0.39, 0.29) is 0 Å². The molecule has 0 bridgehead atoms. The summed E-state index contributed by atoms with van der Waals surface area (Å²) in [6.45, 7) is 2.23. The first-order chi connectivity index (χ1) is 8.29. The molecule has 0 heterocycles. The molecular formula is C13H26N4. The Kier molecular flexibility index (Phi) is 4.66. The number of aliphatic imine (C=N–C) groups is 1. The van der Waals surface area contributed by atoms with Crippen molar-refractivity contribution in [1.82, 2.24) is 10.7 Å². The van der Waals surface area contributed by atoms with Crippen molar-refractivity contribution in [3.63, 3.8) is 0 Å². The van der Waals surface area contributed by atoms with E-state index < -0.39 is 0 Å². The third kappa shape index (κ3) is 3.60. The predicted molar refractivity (Wildman–Crippen MR) is 71.6 cm³/mol. The minimum absolute atomic E-state index is 0.468. The minimum Gasteiger partial charge on any atom is -0.353 e. The van der Waals surface area contributed by atoms with Gasteiger partial charge in [0.15, 0.2) is 0 Å². The quantitative estimate of drug-likeness (QED) is 0.305. The molecule has 1 unspecified atom stereocenters. The predicted octanol–water partition coefficient (Wildman–Crippen LogP) is 1.92. The smallest absolute Gasteiger partial charge is 0.206 e. The fourth-order valence-electron chi connectivity index (χ4n) is 2.78. The highest BCUT2D eigenvalue weighted by atomic mass is 15.3. The fraction of sp³-hybridized carbons (Fsp3) is 0.923. The Labute approximate surface area is 104 Å². The van der Waals surface area contributed by atoms with E-state index in [2.05, 4.69) is 17.7 Å². The number of rotatable bonds is 3. The van der Waals surface area contributed by atoms with Crippen molar-refractivity contribution < 1.29 is 0 Å². The van der Waals surface area contributed by atoms with E-state index >= 15 is 0 Å². The van der Waals surface area contributed by atoms with Crippen molar-refractivity contribution in [3.8, 4) is 0 Å². The van der Waals surface area contributed by atoms with Crippen LogP contribution < -0.4 is 16.6 Å². The zero-order valence-electron chi connectivity index (χ0n) is 10.9. The number of nitrogens with zero attached hydrogens (tertiary/aromatic N) is 1. The molecule has 2 aliphatic carbocycles. The van der Waals surface area contributed by atoms with E-state index in [1.165, 1.54) is 51.4 Å². The summed E-state index contributed by atoms with van der Waals surface area (Å²) in [5.74, 6) is 7.15. The molecule has 0 saturated heterocycles. The number of nitrogens with two attached hydrogens (primary N) is 1. The summed E-state index contributed by atoms with van der Waals surface area (Å²) >= 11 is 0. The fourth-order valence-corrected chi connectivity index (χ4v) is 2.78. The average Bonchev–Trinajstić information content (AvgIpc) is 2.27. The highest BCUT2D eigenvalue weighted by molar-refractivity contribution is 5.79. The second kappa shape index (κ2) is 6.24. The van der Waals surface area contributed by atoms with Crippen molar-refractivity contribution in [2.24, 2.45) is 16.8 Å². The maximum Gasteiger partial charge on any atom is 0.206 e. The van der Waals surface area contributed by atoms with Crippen LogP contribution in [0.25, 0.3) is 0 Å². The number of nitrogens with one attached hydrogen (secondary N) is 2. The third-order valence-corrected chi connectivity index (χ3v) is 4.24. The Morgan fingerprint density at radius 2 is 1.82 bits per heavy atom. The molecule has 2 saturated carbocycles. The van der Waals surface area contributed by atoms with Crippen LogP contribution in [-0.2, 0) is 0 Å². The molecule has 98 valence electrons. The summed E-state index contributed by atoms with van der Waals surface area (Å²) < 4.78 is 0. The summed E-state index contributed by atoms with van der Waals surface area (Å²) in [6, 6.07) is 0.957. The molecule has 0 spiro atoms. The van der Waals surface area contributed by atoms with Gasteiger partial charge in [-0.15, -0.1) is 0 Å². The molecule has 2 fully saturated rings. The molecule has 17 heavy (non-hydrogen) atoms. The number of hydrazine groups is 1. The summed E-state index contributed by atoms with van der Waals surface area (Å²) in [5, 5.41) is 3.43. The average molecular weight is 238 g/mol. The zero-order valence-corrected chi connectivity index (χ0v) is 10.9.